The van der Waals surface area contributed by atoms with Gasteiger partial charge in [0.1, 0.15) is 0 Å². The molecule has 1 aromatic heterocycles. The number of rotatable bonds is 16. The van der Waals surface area contributed by atoms with Crippen LogP contribution in [0.2, 0.25) is 0 Å². The van der Waals surface area contributed by atoms with E-state index in [1.54, 1.807) is 12.4 Å². The number of hydrogen-bond acceptors (Lipinski definition) is 4. The highest BCUT2D eigenvalue weighted by Gasteiger charge is 2.08. The van der Waals surface area contributed by atoms with Crippen molar-refractivity contribution in [1.29, 1.82) is 0 Å². The van der Waals surface area contributed by atoms with Crippen molar-refractivity contribution in [3.8, 4) is 0 Å². The Morgan fingerprint density at radius 3 is 2.16 bits per heavy atom. The lowest BCUT2D eigenvalue weighted by atomic mass is 10.1. The lowest BCUT2D eigenvalue weighted by molar-refractivity contribution is -0.108. The molecule has 0 saturated heterocycles. The van der Waals surface area contributed by atoms with Gasteiger partial charge in [0.05, 0.1) is 0 Å². The lowest BCUT2D eigenvalue weighted by Gasteiger charge is -2.15. The van der Waals surface area contributed by atoms with Crippen LogP contribution in [-0.4, -0.2) is 27.7 Å². The average Bonchev–Trinajstić information content (AvgIpc) is 2.78. The fraction of sp³-hybridized carbons (Fsp3) is 0.538. The monoisotopic (exact) mass is 425 g/mol. The van der Waals surface area contributed by atoms with Crippen LogP contribution in [0.25, 0.3) is 0 Å². The maximum Gasteiger partial charge on any atom is 0.251 e. The number of hydrogen-bond donors (Lipinski definition) is 2. The highest BCUT2D eigenvalue weighted by molar-refractivity contribution is 5.94. The van der Waals surface area contributed by atoms with Crippen LogP contribution in [0, 0.1) is 0 Å². The van der Waals surface area contributed by atoms with E-state index in [-0.39, 0.29) is 5.91 Å². The normalized spacial score (nSPS) is 11.1. The Morgan fingerprint density at radius 1 is 0.871 bits per heavy atom. The molecule has 0 aliphatic heterocycles. The Kier molecular flexibility index (Phi) is 12.5. The van der Waals surface area contributed by atoms with Crippen LogP contribution in [0.15, 0.2) is 48.8 Å². The maximum atomic E-state index is 12.4. The number of pyridine rings is 1. The van der Waals surface area contributed by atoms with E-state index < -0.39 is 0 Å². The molecular weight excluding hydrogens is 386 g/mol. The summed E-state index contributed by atoms with van der Waals surface area (Å²) in [4.78, 5) is 16.4. The first kappa shape index (κ1) is 25.0. The van der Waals surface area contributed by atoms with Crippen molar-refractivity contribution in [3.05, 3.63) is 65.5 Å². The summed E-state index contributed by atoms with van der Waals surface area (Å²) in [5.41, 5.74) is 2.54. The molecule has 1 aromatic carbocycles. The molecule has 0 aliphatic rings. The van der Waals surface area contributed by atoms with Gasteiger partial charge < -0.3 is 10.5 Å². The number of unbranched alkanes of at least 4 members (excludes halogenated alkanes) is 9. The van der Waals surface area contributed by atoms with Crippen LogP contribution in [0.5, 0.6) is 0 Å². The van der Waals surface area contributed by atoms with Gasteiger partial charge in [-0.15, -0.1) is 0 Å². The van der Waals surface area contributed by atoms with Crippen LogP contribution < -0.4 is 5.32 Å². The number of benzene rings is 1. The van der Waals surface area contributed by atoms with E-state index in [1.165, 1.54) is 62.9 Å². The third-order valence-electron chi connectivity index (χ3n) is 5.48. The largest absolute Gasteiger partial charge is 0.352 e. The summed E-state index contributed by atoms with van der Waals surface area (Å²) < 4.78 is 0. The van der Waals surface area contributed by atoms with Gasteiger partial charge in [0, 0.05) is 37.6 Å². The highest BCUT2D eigenvalue weighted by atomic mass is 16.5. The Morgan fingerprint density at radius 2 is 1.48 bits per heavy atom. The SMILES string of the molecule is CCCCCCCCCCCCNC(=O)c1cccc(CN(O)Cc2ccncc2)c1. The lowest BCUT2D eigenvalue weighted by Crippen LogP contribution is -2.25. The second-order valence-corrected chi connectivity index (χ2v) is 8.32. The number of nitrogens with one attached hydrogen (secondary N) is 1. The minimum atomic E-state index is -0.0450. The second-order valence-electron chi connectivity index (χ2n) is 8.32. The summed E-state index contributed by atoms with van der Waals surface area (Å²) in [5.74, 6) is -0.0450. The summed E-state index contributed by atoms with van der Waals surface area (Å²) in [7, 11) is 0. The van der Waals surface area contributed by atoms with Crippen LogP contribution in [-0.2, 0) is 13.1 Å². The Labute approximate surface area is 187 Å². The molecule has 5 nitrogen and oxygen atoms in total. The zero-order valence-corrected chi connectivity index (χ0v) is 19.1. The molecule has 0 radical (unpaired) electrons. The smallest absolute Gasteiger partial charge is 0.251 e. The number of aromatic nitrogens is 1. The van der Waals surface area contributed by atoms with E-state index in [0.717, 1.165) is 17.5 Å². The Bertz CT molecular complexity index is 736. The molecule has 0 aliphatic carbocycles. The molecule has 0 spiro atoms. The van der Waals surface area contributed by atoms with Gasteiger partial charge in [-0.2, -0.15) is 5.06 Å². The quantitative estimate of drug-likeness (QED) is 0.251. The number of amides is 1. The van der Waals surface area contributed by atoms with Gasteiger partial charge in [-0.05, 0) is 41.8 Å². The molecule has 31 heavy (non-hydrogen) atoms. The van der Waals surface area contributed by atoms with E-state index in [2.05, 4.69) is 17.2 Å². The minimum absolute atomic E-state index is 0.0450. The van der Waals surface area contributed by atoms with Crippen molar-refractivity contribution in [2.75, 3.05) is 6.54 Å². The molecule has 0 bridgehead atoms. The fourth-order valence-electron chi connectivity index (χ4n) is 3.69. The molecule has 170 valence electrons. The van der Waals surface area contributed by atoms with Crippen molar-refractivity contribution < 1.29 is 10.0 Å². The van der Waals surface area contributed by atoms with Crippen molar-refractivity contribution in [1.82, 2.24) is 15.4 Å². The molecule has 2 rings (SSSR count). The van der Waals surface area contributed by atoms with E-state index in [4.69, 9.17) is 0 Å². The zero-order valence-electron chi connectivity index (χ0n) is 19.1. The van der Waals surface area contributed by atoms with Gasteiger partial charge in [-0.25, -0.2) is 0 Å². The van der Waals surface area contributed by atoms with Crippen molar-refractivity contribution in [2.24, 2.45) is 0 Å². The molecule has 1 amide bonds. The predicted octanol–water partition coefficient (Wildman–Crippen LogP) is 6.12. The van der Waals surface area contributed by atoms with E-state index in [1.807, 2.05) is 36.4 Å². The van der Waals surface area contributed by atoms with Gasteiger partial charge in [0.15, 0.2) is 0 Å². The average molecular weight is 426 g/mol. The minimum Gasteiger partial charge on any atom is -0.352 e. The molecule has 2 N–H and O–H groups in total. The van der Waals surface area contributed by atoms with Crippen molar-refractivity contribution >= 4 is 5.91 Å². The van der Waals surface area contributed by atoms with E-state index >= 15 is 0 Å². The molecule has 0 unspecified atom stereocenters. The number of nitrogens with zero attached hydrogens (tertiary/aromatic N) is 2. The van der Waals surface area contributed by atoms with Gasteiger partial charge >= 0.3 is 0 Å². The van der Waals surface area contributed by atoms with Crippen LogP contribution in [0.1, 0.15) is 92.6 Å². The summed E-state index contributed by atoms with van der Waals surface area (Å²) in [6.07, 6.45) is 16.3. The molecule has 0 fully saturated rings. The zero-order chi connectivity index (χ0) is 22.2. The predicted molar refractivity (Wildman–Crippen MR) is 126 cm³/mol. The van der Waals surface area contributed by atoms with Gasteiger partial charge in [0.2, 0.25) is 0 Å². The van der Waals surface area contributed by atoms with E-state index in [9.17, 15) is 10.0 Å². The third kappa shape index (κ3) is 11.1. The fourth-order valence-corrected chi connectivity index (χ4v) is 3.69. The molecule has 0 saturated carbocycles. The number of hydroxylamine groups is 2. The second kappa shape index (κ2) is 15.5. The Balaban J connectivity index is 1.60. The summed E-state index contributed by atoms with van der Waals surface area (Å²) >= 11 is 0. The first-order valence-corrected chi connectivity index (χ1v) is 11.9. The molecule has 1 heterocycles. The number of carbonyl (C=O) groups is 1. The third-order valence-corrected chi connectivity index (χ3v) is 5.48. The standard InChI is InChI=1S/C26H39N3O2/c1-2-3-4-5-6-7-8-9-10-11-17-28-26(30)25-14-12-13-24(20-25)22-29(31)21-23-15-18-27-19-16-23/h12-16,18-20,31H,2-11,17,21-22H2,1H3,(H,28,30). The number of carbonyl (C=O) groups excluding carboxylic acids is 1. The highest BCUT2D eigenvalue weighted by Crippen LogP contribution is 2.12. The van der Waals surface area contributed by atoms with E-state index in [0.29, 0.717) is 25.2 Å². The first-order chi connectivity index (χ1) is 15.2. The van der Waals surface area contributed by atoms with Crippen molar-refractivity contribution in [2.45, 2.75) is 84.2 Å². The molecular formula is C26H39N3O2. The first-order valence-electron chi connectivity index (χ1n) is 11.9. The Hall–Kier alpha value is -2.24. The van der Waals surface area contributed by atoms with Gasteiger partial charge in [0.25, 0.3) is 5.91 Å². The summed E-state index contributed by atoms with van der Waals surface area (Å²) in [6, 6.07) is 11.2. The van der Waals surface area contributed by atoms with Gasteiger partial charge in [-0.1, -0.05) is 76.8 Å². The van der Waals surface area contributed by atoms with Crippen molar-refractivity contribution in [3.63, 3.8) is 0 Å². The topological polar surface area (TPSA) is 65.5 Å². The van der Waals surface area contributed by atoms with Crippen LogP contribution in [0.4, 0.5) is 0 Å². The molecule has 5 heteroatoms. The molecule has 2 aromatic rings. The van der Waals surface area contributed by atoms with Crippen LogP contribution >= 0.6 is 0 Å². The summed E-state index contributed by atoms with van der Waals surface area (Å²) in [5, 5.41) is 14.5. The van der Waals surface area contributed by atoms with Gasteiger partial charge in [-0.3, -0.25) is 9.78 Å². The molecule has 0 atom stereocenters. The van der Waals surface area contributed by atoms with Crippen LogP contribution in [0.3, 0.4) is 0 Å². The maximum absolute atomic E-state index is 12.4. The summed E-state index contributed by atoms with van der Waals surface area (Å²) in [6.45, 7) is 3.75.